The Morgan fingerprint density at radius 3 is 2.56 bits per heavy atom. The summed E-state index contributed by atoms with van der Waals surface area (Å²) in [6.45, 7) is 1.99. The van der Waals surface area contributed by atoms with Crippen molar-refractivity contribution in [3.63, 3.8) is 0 Å². The van der Waals surface area contributed by atoms with Gasteiger partial charge in [0.25, 0.3) is 0 Å². The van der Waals surface area contributed by atoms with Crippen LogP contribution in [0.5, 0.6) is 0 Å². The third kappa shape index (κ3) is 1.25. The Hall–Kier alpha value is -0.920. The minimum atomic E-state index is 0.00750. The van der Waals surface area contributed by atoms with E-state index in [1.165, 1.54) is 0 Å². The third-order valence-electron chi connectivity index (χ3n) is 1.39. The SMILES string of the molecule is CC1C=C(O)C(O)=CC1. The summed E-state index contributed by atoms with van der Waals surface area (Å²) in [6, 6.07) is 0. The van der Waals surface area contributed by atoms with Crippen molar-refractivity contribution in [2.24, 2.45) is 5.92 Å². The van der Waals surface area contributed by atoms with Gasteiger partial charge in [0.2, 0.25) is 0 Å². The molecule has 1 aliphatic carbocycles. The molecule has 0 amide bonds. The van der Waals surface area contributed by atoms with Crippen molar-refractivity contribution in [2.75, 3.05) is 0 Å². The number of aliphatic hydroxyl groups is 2. The number of hydrogen-bond acceptors (Lipinski definition) is 2. The van der Waals surface area contributed by atoms with E-state index in [0.717, 1.165) is 6.42 Å². The Balaban J connectivity index is 2.75. The van der Waals surface area contributed by atoms with Crippen LogP contribution in [-0.2, 0) is 0 Å². The molecule has 9 heavy (non-hydrogen) atoms. The molecule has 0 aliphatic heterocycles. The molecular formula is C7H10O2. The van der Waals surface area contributed by atoms with E-state index in [9.17, 15) is 0 Å². The van der Waals surface area contributed by atoms with Gasteiger partial charge in [-0.05, 0) is 24.5 Å². The van der Waals surface area contributed by atoms with Gasteiger partial charge in [-0.3, -0.25) is 0 Å². The zero-order valence-corrected chi connectivity index (χ0v) is 5.33. The van der Waals surface area contributed by atoms with E-state index in [1.807, 2.05) is 6.92 Å². The van der Waals surface area contributed by atoms with Crippen molar-refractivity contribution >= 4 is 0 Å². The van der Waals surface area contributed by atoms with Gasteiger partial charge in [0, 0.05) is 0 Å². The molecule has 1 unspecified atom stereocenters. The summed E-state index contributed by atoms with van der Waals surface area (Å²) in [5, 5.41) is 17.7. The summed E-state index contributed by atoms with van der Waals surface area (Å²) in [5.74, 6) is 0.364. The first-order chi connectivity index (χ1) is 4.20. The van der Waals surface area contributed by atoms with Gasteiger partial charge >= 0.3 is 0 Å². The van der Waals surface area contributed by atoms with Crippen molar-refractivity contribution in [1.82, 2.24) is 0 Å². The summed E-state index contributed by atoms with van der Waals surface area (Å²) in [4.78, 5) is 0. The van der Waals surface area contributed by atoms with E-state index in [1.54, 1.807) is 12.2 Å². The van der Waals surface area contributed by atoms with Gasteiger partial charge in [-0.2, -0.15) is 0 Å². The molecule has 1 aliphatic rings. The van der Waals surface area contributed by atoms with Gasteiger partial charge < -0.3 is 10.2 Å². The maximum Gasteiger partial charge on any atom is 0.153 e. The molecule has 0 aromatic rings. The van der Waals surface area contributed by atoms with Crippen LogP contribution in [-0.4, -0.2) is 10.2 Å². The molecule has 0 aromatic heterocycles. The maximum atomic E-state index is 8.89. The van der Waals surface area contributed by atoms with Gasteiger partial charge in [0.15, 0.2) is 11.5 Å². The zero-order chi connectivity index (χ0) is 6.85. The van der Waals surface area contributed by atoms with Crippen molar-refractivity contribution in [1.29, 1.82) is 0 Å². The van der Waals surface area contributed by atoms with Crippen molar-refractivity contribution in [2.45, 2.75) is 13.3 Å². The smallest absolute Gasteiger partial charge is 0.153 e. The molecule has 2 heteroatoms. The lowest BCUT2D eigenvalue weighted by molar-refractivity contribution is 0.314. The molecule has 0 fully saturated rings. The van der Waals surface area contributed by atoms with Crippen molar-refractivity contribution in [3.8, 4) is 0 Å². The fraction of sp³-hybridized carbons (Fsp3) is 0.429. The monoisotopic (exact) mass is 126 g/mol. The van der Waals surface area contributed by atoms with Crippen molar-refractivity contribution in [3.05, 3.63) is 23.7 Å². The Morgan fingerprint density at radius 1 is 1.44 bits per heavy atom. The van der Waals surface area contributed by atoms with E-state index >= 15 is 0 Å². The number of allylic oxidation sites excluding steroid dienone is 2. The maximum absolute atomic E-state index is 8.89. The van der Waals surface area contributed by atoms with E-state index in [4.69, 9.17) is 10.2 Å². The van der Waals surface area contributed by atoms with Gasteiger partial charge in [-0.15, -0.1) is 0 Å². The van der Waals surface area contributed by atoms with E-state index in [2.05, 4.69) is 0 Å². The third-order valence-corrected chi connectivity index (χ3v) is 1.39. The Kier molecular flexibility index (Phi) is 1.47. The quantitative estimate of drug-likeness (QED) is 0.520. The highest BCUT2D eigenvalue weighted by Gasteiger charge is 2.08. The van der Waals surface area contributed by atoms with Crippen LogP contribution in [0.4, 0.5) is 0 Å². The topological polar surface area (TPSA) is 40.5 Å². The predicted octanol–water partition coefficient (Wildman–Crippen LogP) is 1.91. The van der Waals surface area contributed by atoms with Crippen LogP contribution in [0, 0.1) is 5.92 Å². The Bertz CT molecular complexity index is 168. The standard InChI is InChI=1S/C7H10O2/c1-5-2-3-6(8)7(9)4-5/h3-5,8-9H,2H2,1H3. The molecule has 50 valence electrons. The number of rotatable bonds is 0. The minimum absolute atomic E-state index is 0.00750. The van der Waals surface area contributed by atoms with Crippen LogP contribution in [0.15, 0.2) is 23.7 Å². The zero-order valence-electron chi connectivity index (χ0n) is 5.33. The van der Waals surface area contributed by atoms with E-state index < -0.39 is 0 Å². The first-order valence-electron chi connectivity index (χ1n) is 3.00. The summed E-state index contributed by atoms with van der Waals surface area (Å²) in [5.41, 5.74) is 0. The molecule has 1 rings (SSSR count). The second-order valence-electron chi connectivity index (χ2n) is 2.35. The van der Waals surface area contributed by atoms with Crippen LogP contribution in [0.3, 0.4) is 0 Å². The average Bonchev–Trinajstić information content (AvgIpc) is 1.80. The van der Waals surface area contributed by atoms with Crippen LogP contribution in [0.2, 0.25) is 0 Å². The molecule has 2 nitrogen and oxygen atoms in total. The molecule has 0 aromatic carbocycles. The normalized spacial score (nSPS) is 27.0. The van der Waals surface area contributed by atoms with Crippen LogP contribution in [0.1, 0.15) is 13.3 Å². The largest absolute Gasteiger partial charge is 0.504 e. The molecule has 1 atom stereocenters. The molecule has 0 heterocycles. The lowest BCUT2D eigenvalue weighted by atomic mass is 10.0. The second-order valence-corrected chi connectivity index (χ2v) is 2.35. The number of aliphatic hydroxyl groups excluding tert-OH is 2. The van der Waals surface area contributed by atoms with E-state index in [0.29, 0.717) is 5.92 Å². The summed E-state index contributed by atoms with van der Waals surface area (Å²) >= 11 is 0. The average molecular weight is 126 g/mol. The second kappa shape index (κ2) is 2.13. The number of hydrogen-bond donors (Lipinski definition) is 2. The minimum Gasteiger partial charge on any atom is -0.504 e. The van der Waals surface area contributed by atoms with Crippen LogP contribution >= 0.6 is 0 Å². The first kappa shape index (κ1) is 6.20. The van der Waals surface area contributed by atoms with Gasteiger partial charge in [0.05, 0.1) is 0 Å². The van der Waals surface area contributed by atoms with Crippen LogP contribution in [0.25, 0.3) is 0 Å². The first-order valence-corrected chi connectivity index (χ1v) is 3.00. The molecule has 2 N–H and O–H groups in total. The molecule has 0 saturated carbocycles. The van der Waals surface area contributed by atoms with Gasteiger partial charge in [0.1, 0.15) is 0 Å². The molecular weight excluding hydrogens is 116 g/mol. The molecule has 0 spiro atoms. The molecule has 0 bridgehead atoms. The highest BCUT2D eigenvalue weighted by atomic mass is 16.3. The molecule has 0 radical (unpaired) electrons. The lowest BCUT2D eigenvalue weighted by Gasteiger charge is -2.09. The lowest BCUT2D eigenvalue weighted by Crippen LogP contribution is -1.99. The van der Waals surface area contributed by atoms with Gasteiger partial charge in [-0.25, -0.2) is 0 Å². The molecule has 0 saturated heterocycles. The summed E-state index contributed by atoms with van der Waals surface area (Å²) in [7, 11) is 0. The summed E-state index contributed by atoms with van der Waals surface area (Å²) in [6.07, 6.45) is 4.09. The van der Waals surface area contributed by atoms with Crippen molar-refractivity contribution < 1.29 is 10.2 Å². The van der Waals surface area contributed by atoms with E-state index in [-0.39, 0.29) is 11.5 Å². The Morgan fingerprint density at radius 2 is 2.11 bits per heavy atom. The predicted molar refractivity (Wildman–Crippen MR) is 35.2 cm³/mol. The highest BCUT2D eigenvalue weighted by molar-refractivity contribution is 5.22. The van der Waals surface area contributed by atoms with Crippen LogP contribution < -0.4 is 0 Å². The highest BCUT2D eigenvalue weighted by Crippen LogP contribution is 2.18. The fourth-order valence-corrected chi connectivity index (χ4v) is 0.825. The Labute approximate surface area is 54.1 Å². The van der Waals surface area contributed by atoms with Gasteiger partial charge in [-0.1, -0.05) is 6.92 Å². The fourth-order valence-electron chi connectivity index (χ4n) is 0.825. The summed E-state index contributed by atoms with van der Waals surface area (Å²) < 4.78 is 0.